The van der Waals surface area contributed by atoms with Crippen LogP contribution in [-0.2, 0) is 9.53 Å². The third kappa shape index (κ3) is 3.03. The molecule has 0 aromatic carbocycles. The molecular formula is C13H21NO4. The first-order chi connectivity index (χ1) is 8.17. The summed E-state index contributed by atoms with van der Waals surface area (Å²) in [5.74, 6) is -1.18. The van der Waals surface area contributed by atoms with Gasteiger partial charge in [0.2, 0.25) is 0 Å². The molecule has 1 aliphatic rings. The molecule has 1 aliphatic heterocycles. The largest absolute Gasteiger partial charge is 0.480 e. The van der Waals surface area contributed by atoms with E-state index in [1.807, 2.05) is 19.9 Å². The molecule has 0 aromatic rings. The maximum Gasteiger partial charge on any atom is 0.411 e. The quantitative estimate of drug-likeness (QED) is 0.730. The van der Waals surface area contributed by atoms with Gasteiger partial charge in [-0.05, 0) is 33.3 Å². The first-order valence-electron chi connectivity index (χ1n) is 6.05. The van der Waals surface area contributed by atoms with Crippen LogP contribution in [0, 0.1) is 5.92 Å². The molecule has 0 saturated carbocycles. The van der Waals surface area contributed by atoms with E-state index in [9.17, 15) is 14.7 Å². The standard InChI is InChI=1S/C13H21NO4/c1-6-9-7-14(10(8(9)2)11(15)16)12(17)18-13(3,4)5/h6,8,10H,7H2,1-5H3,(H,15,16)/b9-6-. The number of amides is 1. The van der Waals surface area contributed by atoms with Crippen LogP contribution in [0.2, 0.25) is 0 Å². The van der Waals surface area contributed by atoms with Crippen molar-refractivity contribution in [2.75, 3.05) is 6.54 Å². The summed E-state index contributed by atoms with van der Waals surface area (Å²) in [7, 11) is 0. The molecule has 0 bridgehead atoms. The summed E-state index contributed by atoms with van der Waals surface area (Å²) in [6.45, 7) is 9.27. The Kier molecular flexibility index (Phi) is 4.04. The minimum atomic E-state index is -0.995. The molecule has 0 aromatic heterocycles. The molecule has 1 N–H and O–H groups in total. The minimum absolute atomic E-state index is 0.181. The van der Waals surface area contributed by atoms with Gasteiger partial charge >= 0.3 is 12.1 Å². The molecule has 0 spiro atoms. The van der Waals surface area contributed by atoms with Crippen molar-refractivity contribution in [2.45, 2.75) is 46.3 Å². The third-order valence-corrected chi connectivity index (χ3v) is 3.00. The molecule has 1 heterocycles. The van der Waals surface area contributed by atoms with Crippen molar-refractivity contribution in [2.24, 2.45) is 5.92 Å². The molecule has 2 unspecified atom stereocenters. The van der Waals surface area contributed by atoms with Gasteiger partial charge in [0.15, 0.2) is 0 Å². The van der Waals surface area contributed by atoms with Gasteiger partial charge in [-0.1, -0.05) is 13.0 Å². The van der Waals surface area contributed by atoms with E-state index in [1.54, 1.807) is 20.8 Å². The van der Waals surface area contributed by atoms with E-state index in [4.69, 9.17) is 4.74 Å². The third-order valence-electron chi connectivity index (χ3n) is 3.00. The number of likely N-dealkylation sites (tertiary alicyclic amines) is 1. The van der Waals surface area contributed by atoms with Crippen LogP contribution in [0.5, 0.6) is 0 Å². The average Bonchev–Trinajstić information content (AvgIpc) is 2.52. The van der Waals surface area contributed by atoms with E-state index in [0.717, 1.165) is 5.57 Å². The van der Waals surface area contributed by atoms with Crippen LogP contribution in [-0.4, -0.2) is 40.3 Å². The van der Waals surface area contributed by atoms with Crippen molar-refractivity contribution in [1.82, 2.24) is 4.90 Å². The Morgan fingerprint density at radius 2 is 2.00 bits per heavy atom. The van der Waals surface area contributed by atoms with Crippen LogP contribution < -0.4 is 0 Å². The summed E-state index contributed by atoms with van der Waals surface area (Å²) >= 11 is 0. The highest BCUT2D eigenvalue weighted by Gasteiger charge is 2.43. The number of rotatable bonds is 1. The van der Waals surface area contributed by atoms with Gasteiger partial charge in [0.25, 0.3) is 0 Å². The predicted octanol–water partition coefficient (Wildman–Crippen LogP) is 2.27. The maximum atomic E-state index is 12.0. The first kappa shape index (κ1) is 14.5. The van der Waals surface area contributed by atoms with Gasteiger partial charge in [0.05, 0.1) is 0 Å². The molecule has 5 nitrogen and oxygen atoms in total. The topological polar surface area (TPSA) is 66.8 Å². The monoisotopic (exact) mass is 255 g/mol. The number of allylic oxidation sites excluding steroid dienone is 1. The van der Waals surface area contributed by atoms with Gasteiger partial charge in [-0.2, -0.15) is 0 Å². The van der Waals surface area contributed by atoms with E-state index in [2.05, 4.69) is 0 Å². The lowest BCUT2D eigenvalue weighted by atomic mass is 9.98. The van der Waals surface area contributed by atoms with Crippen LogP contribution in [0.3, 0.4) is 0 Å². The van der Waals surface area contributed by atoms with Crippen molar-refractivity contribution in [1.29, 1.82) is 0 Å². The smallest absolute Gasteiger partial charge is 0.411 e. The van der Waals surface area contributed by atoms with Crippen molar-refractivity contribution in [3.8, 4) is 0 Å². The van der Waals surface area contributed by atoms with Crippen molar-refractivity contribution >= 4 is 12.1 Å². The molecule has 2 atom stereocenters. The Morgan fingerprint density at radius 3 is 2.39 bits per heavy atom. The van der Waals surface area contributed by atoms with Gasteiger partial charge < -0.3 is 9.84 Å². The van der Waals surface area contributed by atoms with E-state index in [1.165, 1.54) is 4.90 Å². The molecule has 102 valence electrons. The Morgan fingerprint density at radius 1 is 1.44 bits per heavy atom. The number of hydrogen-bond donors (Lipinski definition) is 1. The Bertz CT molecular complexity index is 381. The number of carboxylic acid groups (broad SMARTS) is 1. The summed E-state index contributed by atoms with van der Waals surface area (Å²) in [5, 5.41) is 9.24. The number of carbonyl (C=O) groups is 2. The zero-order valence-corrected chi connectivity index (χ0v) is 11.6. The zero-order valence-electron chi connectivity index (χ0n) is 11.6. The minimum Gasteiger partial charge on any atom is -0.480 e. The van der Waals surface area contributed by atoms with Crippen molar-refractivity contribution in [3.63, 3.8) is 0 Å². The van der Waals surface area contributed by atoms with Gasteiger partial charge in [0, 0.05) is 12.5 Å². The second-order valence-electron chi connectivity index (χ2n) is 5.54. The van der Waals surface area contributed by atoms with Gasteiger partial charge in [0.1, 0.15) is 11.6 Å². The van der Waals surface area contributed by atoms with Crippen LogP contribution in [0.15, 0.2) is 11.6 Å². The van der Waals surface area contributed by atoms with E-state index < -0.39 is 23.7 Å². The fourth-order valence-corrected chi connectivity index (χ4v) is 2.11. The zero-order chi connectivity index (χ0) is 14.1. The molecule has 18 heavy (non-hydrogen) atoms. The first-order valence-corrected chi connectivity index (χ1v) is 6.05. The summed E-state index contributed by atoms with van der Waals surface area (Å²) in [6, 6.07) is -0.842. The number of hydrogen-bond acceptors (Lipinski definition) is 3. The van der Waals surface area contributed by atoms with Gasteiger partial charge in [-0.15, -0.1) is 0 Å². The van der Waals surface area contributed by atoms with Crippen LogP contribution >= 0.6 is 0 Å². The molecule has 1 rings (SSSR count). The Balaban J connectivity index is 2.93. The summed E-state index contributed by atoms with van der Waals surface area (Å²) in [5.41, 5.74) is 0.329. The van der Waals surface area contributed by atoms with Gasteiger partial charge in [-0.3, -0.25) is 4.90 Å². The predicted molar refractivity (Wildman–Crippen MR) is 67.3 cm³/mol. The number of aliphatic carboxylic acids is 1. The number of carbonyl (C=O) groups excluding carboxylic acids is 1. The lowest BCUT2D eigenvalue weighted by Gasteiger charge is -2.27. The highest BCUT2D eigenvalue weighted by atomic mass is 16.6. The number of nitrogens with zero attached hydrogens (tertiary/aromatic N) is 1. The fraction of sp³-hybridized carbons (Fsp3) is 0.692. The van der Waals surface area contributed by atoms with Crippen molar-refractivity contribution < 1.29 is 19.4 Å². The second-order valence-corrected chi connectivity index (χ2v) is 5.54. The van der Waals surface area contributed by atoms with E-state index in [0.29, 0.717) is 6.54 Å². The molecule has 0 aliphatic carbocycles. The molecule has 1 amide bonds. The SMILES string of the molecule is C/C=C1/CN(C(=O)OC(C)(C)C)C(C(=O)O)C1C. The average molecular weight is 255 g/mol. The molecular weight excluding hydrogens is 234 g/mol. The van der Waals surface area contributed by atoms with E-state index >= 15 is 0 Å². The highest BCUT2D eigenvalue weighted by molar-refractivity contribution is 5.82. The Labute approximate surface area is 107 Å². The lowest BCUT2D eigenvalue weighted by Crippen LogP contribution is -2.45. The Hall–Kier alpha value is -1.52. The van der Waals surface area contributed by atoms with Crippen LogP contribution in [0.1, 0.15) is 34.6 Å². The lowest BCUT2D eigenvalue weighted by molar-refractivity contribution is -0.143. The fourth-order valence-electron chi connectivity index (χ4n) is 2.11. The molecule has 0 radical (unpaired) electrons. The van der Waals surface area contributed by atoms with Crippen LogP contribution in [0.4, 0.5) is 4.79 Å². The normalized spacial score (nSPS) is 26.5. The summed E-state index contributed by atoms with van der Waals surface area (Å²) in [4.78, 5) is 24.6. The second kappa shape index (κ2) is 5.00. The summed E-state index contributed by atoms with van der Waals surface area (Å²) in [6.07, 6.45) is 1.30. The maximum absolute atomic E-state index is 12.0. The highest BCUT2D eigenvalue weighted by Crippen LogP contribution is 2.30. The number of carboxylic acids is 1. The number of ether oxygens (including phenoxy) is 1. The molecule has 1 fully saturated rings. The molecule has 5 heteroatoms. The molecule has 1 saturated heterocycles. The van der Waals surface area contributed by atoms with Crippen molar-refractivity contribution in [3.05, 3.63) is 11.6 Å². The van der Waals surface area contributed by atoms with Gasteiger partial charge in [-0.25, -0.2) is 9.59 Å². The van der Waals surface area contributed by atoms with Crippen LogP contribution in [0.25, 0.3) is 0 Å². The summed E-state index contributed by atoms with van der Waals surface area (Å²) < 4.78 is 5.24. The van der Waals surface area contributed by atoms with E-state index in [-0.39, 0.29) is 5.92 Å².